The third kappa shape index (κ3) is 2.35. The minimum absolute atomic E-state index is 0.0273. The lowest BCUT2D eigenvalue weighted by Gasteiger charge is -2.60. The van der Waals surface area contributed by atoms with Gasteiger partial charge in [-0.3, -0.25) is 4.79 Å². The lowest BCUT2D eigenvalue weighted by atomic mass is 9.45. The van der Waals surface area contributed by atoms with Crippen LogP contribution in [0.4, 0.5) is 0 Å². The van der Waals surface area contributed by atoms with E-state index in [1.807, 2.05) is 12.2 Å². The van der Waals surface area contributed by atoms with Gasteiger partial charge in [0.2, 0.25) is 0 Å². The molecule has 138 valence electrons. The van der Waals surface area contributed by atoms with E-state index in [9.17, 15) is 15.0 Å². The second-order valence-corrected chi connectivity index (χ2v) is 9.56. The van der Waals surface area contributed by atoms with E-state index < -0.39 is 0 Å². The SMILES string of the molecule is CC1C[C@@H]2[C@H](C(O)C[C@]3(C)C(=CCO)CC[C@@H]23)[C@@]2(C)CCC(=O)C=C12. The summed E-state index contributed by atoms with van der Waals surface area (Å²) in [7, 11) is 0. The summed E-state index contributed by atoms with van der Waals surface area (Å²) in [5, 5.41) is 20.7. The van der Waals surface area contributed by atoms with Crippen molar-refractivity contribution in [2.45, 2.75) is 65.4 Å². The zero-order chi connectivity index (χ0) is 18.0. The van der Waals surface area contributed by atoms with Gasteiger partial charge in [0.1, 0.15) is 0 Å². The molecule has 0 heterocycles. The number of hydrogen-bond donors (Lipinski definition) is 2. The Morgan fingerprint density at radius 3 is 2.76 bits per heavy atom. The molecule has 4 rings (SSSR count). The molecule has 0 bridgehead atoms. The molecule has 4 aliphatic rings. The Morgan fingerprint density at radius 2 is 2.04 bits per heavy atom. The van der Waals surface area contributed by atoms with Gasteiger partial charge in [-0.25, -0.2) is 0 Å². The lowest BCUT2D eigenvalue weighted by Crippen LogP contribution is -2.57. The number of ketones is 1. The first-order chi connectivity index (χ1) is 11.8. The average Bonchev–Trinajstić information content (AvgIpc) is 2.86. The van der Waals surface area contributed by atoms with Crippen molar-refractivity contribution >= 4 is 5.78 Å². The Labute approximate surface area is 151 Å². The molecular formula is C22H32O3. The fourth-order valence-electron chi connectivity index (χ4n) is 7.41. The van der Waals surface area contributed by atoms with Gasteiger partial charge in [0, 0.05) is 6.42 Å². The van der Waals surface area contributed by atoms with E-state index in [2.05, 4.69) is 20.8 Å². The van der Waals surface area contributed by atoms with Gasteiger partial charge in [0.05, 0.1) is 12.7 Å². The molecule has 2 unspecified atom stereocenters. The van der Waals surface area contributed by atoms with Gasteiger partial charge in [0.15, 0.2) is 5.78 Å². The second-order valence-electron chi connectivity index (χ2n) is 9.56. The summed E-state index contributed by atoms with van der Waals surface area (Å²) in [6.07, 6.45) is 9.23. The number of aliphatic hydroxyl groups is 2. The third-order valence-corrected chi connectivity index (χ3v) is 8.40. The number of aliphatic hydroxyl groups excluding tert-OH is 2. The largest absolute Gasteiger partial charge is 0.393 e. The molecule has 3 fully saturated rings. The maximum absolute atomic E-state index is 12.0. The first-order valence-electron chi connectivity index (χ1n) is 10.0. The highest BCUT2D eigenvalue weighted by Crippen LogP contribution is 2.67. The molecule has 0 aromatic carbocycles. The highest BCUT2D eigenvalue weighted by molar-refractivity contribution is 5.91. The Morgan fingerprint density at radius 1 is 1.28 bits per heavy atom. The average molecular weight is 344 g/mol. The molecule has 3 heteroatoms. The van der Waals surface area contributed by atoms with Gasteiger partial charge >= 0.3 is 0 Å². The van der Waals surface area contributed by atoms with Crippen LogP contribution in [0.1, 0.15) is 59.3 Å². The fraction of sp³-hybridized carbons (Fsp3) is 0.773. The molecule has 4 aliphatic carbocycles. The van der Waals surface area contributed by atoms with Crippen molar-refractivity contribution in [2.75, 3.05) is 6.61 Å². The lowest BCUT2D eigenvalue weighted by molar-refractivity contribution is -0.128. The van der Waals surface area contributed by atoms with Crippen molar-refractivity contribution in [1.82, 2.24) is 0 Å². The molecule has 3 nitrogen and oxygen atoms in total. The molecule has 25 heavy (non-hydrogen) atoms. The topological polar surface area (TPSA) is 57.5 Å². The quantitative estimate of drug-likeness (QED) is 0.714. The van der Waals surface area contributed by atoms with E-state index in [0.717, 1.165) is 25.7 Å². The van der Waals surface area contributed by atoms with E-state index in [0.29, 0.717) is 24.2 Å². The summed E-state index contributed by atoms with van der Waals surface area (Å²) >= 11 is 0. The van der Waals surface area contributed by atoms with Gasteiger partial charge in [-0.2, -0.15) is 0 Å². The summed E-state index contributed by atoms with van der Waals surface area (Å²) in [6, 6.07) is 0. The van der Waals surface area contributed by atoms with Crippen molar-refractivity contribution in [1.29, 1.82) is 0 Å². The van der Waals surface area contributed by atoms with Gasteiger partial charge < -0.3 is 10.2 Å². The maximum atomic E-state index is 12.0. The number of rotatable bonds is 1. The summed E-state index contributed by atoms with van der Waals surface area (Å²) in [4.78, 5) is 12.0. The summed E-state index contributed by atoms with van der Waals surface area (Å²) in [6.45, 7) is 7.00. The Kier molecular flexibility index (Phi) is 4.05. The van der Waals surface area contributed by atoms with Crippen molar-refractivity contribution < 1.29 is 15.0 Å². The van der Waals surface area contributed by atoms with Crippen LogP contribution in [-0.4, -0.2) is 28.7 Å². The van der Waals surface area contributed by atoms with Gasteiger partial charge in [0.25, 0.3) is 0 Å². The molecule has 0 aliphatic heterocycles. The number of carbonyl (C=O) groups is 1. The van der Waals surface area contributed by atoms with Crippen molar-refractivity contribution in [3.8, 4) is 0 Å². The van der Waals surface area contributed by atoms with Crippen LogP contribution < -0.4 is 0 Å². The van der Waals surface area contributed by atoms with Gasteiger partial charge in [-0.05, 0) is 72.7 Å². The highest BCUT2D eigenvalue weighted by Gasteiger charge is 2.61. The number of fused-ring (bicyclic) bond motifs is 5. The van der Waals surface area contributed by atoms with E-state index in [1.54, 1.807) is 0 Å². The molecule has 3 saturated carbocycles. The summed E-state index contributed by atoms with van der Waals surface area (Å²) < 4.78 is 0. The zero-order valence-electron chi connectivity index (χ0n) is 15.8. The molecule has 0 amide bonds. The summed E-state index contributed by atoms with van der Waals surface area (Å²) in [5.74, 6) is 2.08. The maximum Gasteiger partial charge on any atom is 0.155 e. The minimum atomic E-state index is -0.319. The van der Waals surface area contributed by atoms with E-state index >= 15 is 0 Å². The molecule has 0 saturated heterocycles. The normalized spacial score (nSPS) is 50.9. The van der Waals surface area contributed by atoms with Crippen LogP contribution in [0.3, 0.4) is 0 Å². The first kappa shape index (κ1) is 17.5. The molecule has 0 aromatic heterocycles. The Bertz CT molecular complexity index is 648. The second kappa shape index (κ2) is 5.79. The van der Waals surface area contributed by atoms with E-state index in [4.69, 9.17) is 0 Å². The van der Waals surface area contributed by atoms with Crippen LogP contribution in [0.25, 0.3) is 0 Å². The smallest absolute Gasteiger partial charge is 0.155 e. The molecular weight excluding hydrogens is 312 g/mol. The molecule has 0 radical (unpaired) electrons. The van der Waals surface area contributed by atoms with Crippen LogP contribution in [0, 0.1) is 34.5 Å². The summed E-state index contributed by atoms with van der Waals surface area (Å²) in [5.41, 5.74) is 2.66. The molecule has 0 spiro atoms. The standard InChI is InChI=1S/C22H32O3/c1-13-10-16-17-5-4-14(7-9-23)22(17,3)12-19(25)20(16)21(2)8-6-15(24)11-18(13)21/h7,11,13,16-17,19-20,23,25H,4-6,8-10,12H2,1-3H3/t13?,16-,17-,19?,20+,21-,22+/m0/s1. The van der Waals surface area contributed by atoms with E-state index in [-0.39, 0.29) is 35.2 Å². The highest BCUT2D eigenvalue weighted by atomic mass is 16.3. The van der Waals surface area contributed by atoms with Crippen LogP contribution in [0.5, 0.6) is 0 Å². The predicted molar refractivity (Wildman–Crippen MR) is 97.8 cm³/mol. The minimum Gasteiger partial charge on any atom is -0.393 e. The van der Waals surface area contributed by atoms with Crippen molar-refractivity contribution in [2.24, 2.45) is 34.5 Å². The molecule has 2 N–H and O–H groups in total. The van der Waals surface area contributed by atoms with Gasteiger partial charge in [-0.15, -0.1) is 0 Å². The first-order valence-corrected chi connectivity index (χ1v) is 10.0. The monoisotopic (exact) mass is 344 g/mol. The number of allylic oxidation sites excluding steroid dienone is 2. The third-order valence-electron chi connectivity index (χ3n) is 8.40. The molecule has 7 atom stereocenters. The van der Waals surface area contributed by atoms with Crippen LogP contribution in [0.2, 0.25) is 0 Å². The molecule has 0 aromatic rings. The Hall–Kier alpha value is -0.930. The fourth-order valence-corrected chi connectivity index (χ4v) is 7.41. The van der Waals surface area contributed by atoms with Crippen molar-refractivity contribution in [3.63, 3.8) is 0 Å². The predicted octanol–water partition coefficient (Wildman–Crippen LogP) is 3.65. The van der Waals surface area contributed by atoms with E-state index in [1.165, 1.54) is 17.6 Å². The number of hydrogen-bond acceptors (Lipinski definition) is 3. The van der Waals surface area contributed by atoms with Crippen molar-refractivity contribution in [3.05, 3.63) is 23.3 Å². The van der Waals surface area contributed by atoms with Crippen LogP contribution in [-0.2, 0) is 4.79 Å². The van der Waals surface area contributed by atoms with Crippen LogP contribution >= 0.6 is 0 Å². The zero-order valence-corrected chi connectivity index (χ0v) is 15.8. The Balaban J connectivity index is 1.76. The number of carbonyl (C=O) groups excluding carboxylic acids is 1. The van der Waals surface area contributed by atoms with Crippen LogP contribution in [0.15, 0.2) is 23.3 Å². The van der Waals surface area contributed by atoms with Gasteiger partial charge in [-0.1, -0.05) is 38.0 Å².